The van der Waals surface area contributed by atoms with Gasteiger partial charge in [0.2, 0.25) is 0 Å². The Labute approximate surface area is 129 Å². The Bertz CT molecular complexity index is 518. The number of ether oxygens (including phenoxy) is 1. The SMILES string of the molecule is Cc1cc(Br)cc(C=O)c1OCCCCC(C)(C)C#N. The van der Waals surface area contributed by atoms with Gasteiger partial charge in [-0.3, -0.25) is 4.79 Å². The highest BCUT2D eigenvalue weighted by atomic mass is 79.9. The molecule has 0 fully saturated rings. The minimum absolute atomic E-state index is 0.276. The van der Waals surface area contributed by atoms with Crippen molar-refractivity contribution in [3.63, 3.8) is 0 Å². The van der Waals surface area contributed by atoms with Gasteiger partial charge in [-0.2, -0.15) is 5.26 Å². The van der Waals surface area contributed by atoms with Crippen molar-refractivity contribution in [2.24, 2.45) is 5.41 Å². The predicted molar refractivity (Wildman–Crippen MR) is 83.0 cm³/mol. The molecular formula is C16H20BrNO2. The zero-order valence-electron chi connectivity index (χ0n) is 12.2. The van der Waals surface area contributed by atoms with E-state index in [-0.39, 0.29) is 5.41 Å². The number of carbonyl (C=O) groups excluding carboxylic acids is 1. The quantitative estimate of drug-likeness (QED) is 0.536. The molecule has 0 aromatic heterocycles. The topological polar surface area (TPSA) is 50.1 Å². The number of hydrogen-bond acceptors (Lipinski definition) is 3. The van der Waals surface area contributed by atoms with E-state index in [1.54, 1.807) is 6.07 Å². The van der Waals surface area contributed by atoms with Gasteiger partial charge in [-0.05, 0) is 57.7 Å². The summed E-state index contributed by atoms with van der Waals surface area (Å²) >= 11 is 3.37. The first kappa shape index (κ1) is 16.7. The summed E-state index contributed by atoms with van der Waals surface area (Å²) in [6, 6.07) is 5.98. The fraction of sp³-hybridized carbons (Fsp3) is 0.500. The normalized spacial score (nSPS) is 10.9. The van der Waals surface area contributed by atoms with Gasteiger partial charge in [0.25, 0.3) is 0 Å². The van der Waals surface area contributed by atoms with E-state index in [4.69, 9.17) is 10.00 Å². The van der Waals surface area contributed by atoms with Crippen molar-refractivity contribution < 1.29 is 9.53 Å². The maximum absolute atomic E-state index is 11.1. The number of aryl methyl sites for hydroxylation is 1. The van der Waals surface area contributed by atoms with Crippen LogP contribution < -0.4 is 4.74 Å². The lowest BCUT2D eigenvalue weighted by Gasteiger charge is -2.15. The summed E-state index contributed by atoms with van der Waals surface area (Å²) in [4.78, 5) is 11.1. The zero-order valence-corrected chi connectivity index (χ0v) is 13.8. The third-order valence-corrected chi connectivity index (χ3v) is 3.60. The summed E-state index contributed by atoms with van der Waals surface area (Å²) in [6.07, 6.45) is 3.48. The van der Waals surface area contributed by atoms with E-state index in [2.05, 4.69) is 22.0 Å². The molecule has 20 heavy (non-hydrogen) atoms. The summed E-state index contributed by atoms with van der Waals surface area (Å²) < 4.78 is 6.60. The number of aldehydes is 1. The lowest BCUT2D eigenvalue weighted by atomic mass is 9.89. The number of unbranched alkanes of at least 4 members (excludes halogenated alkanes) is 1. The molecule has 0 atom stereocenters. The van der Waals surface area contributed by atoms with Crippen LogP contribution in [0.4, 0.5) is 0 Å². The number of halogens is 1. The summed E-state index contributed by atoms with van der Waals surface area (Å²) in [5.41, 5.74) is 1.23. The lowest BCUT2D eigenvalue weighted by Crippen LogP contribution is -2.09. The molecule has 0 unspecified atom stereocenters. The molecule has 0 aliphatic heterocycles. The molecule has 0 radical (unpaired) electrons. The van der Waals surface area contributed by atoms with Crippen LogP contribution >= 0.6 is 15.9 Å². The Morgan fingerprint density at radius 2 is 2.10 bits per heavy atom. The predicted octanol–water partition coefficient (Wildman–Crippen LogP) is 4.67. The molecule has 0 aliphatic carbocycles. The second-order valence-corrected chi connectivity index (χ2v) is 6.48. The average Bonchev–Trinajstić information content (AvgIpc) is 2.39. The number of carbonyl (C=O) groups is 1. The molecule has 0 spiro atoms. The minimum Gasteiger partial charge on any atom is -0.493 e. The van der Waals surface area contributed by atoms with Gasteiger partial charge in [-0.1, -0.05) is 15.9 Å². The van der Waals surface area contributed by atoms with Crippen molar-refractivity contribution in [3.8, 4) is 11.8 Å². The highest BCUT2D eigenvalue weighted by molar-refractivity contribution is 9.10. The Morgan fingerprint density at radius 1 is 1.40 bits per heavy atom. The van der Waals surface area contributed by atoms with Crippen LogP contribution in [0.3, 0.4) is 0 Å². The number of rotatable bonds is 7. The monoisotopic (exact) mass is 337 g/mol. The standard InChI is InChI=1S/C16H20BrNO2/c1-12-8-14(17)9-13(10-19)15(12)20-7-5-4-6-16(2,3)11-18/h8-10H,4-7H2,1-3H3. The third-order valence-electron chi connectivity index (χ3n) is 3.14. The molecule has 0 bridgehead atoms. The molecule has 0 saturated heterocycles. The second-order valence-electron chi connectivity index (χ2n) is 5.56. The van der Waals surface area contributed by atoms with Gasteiger partial charge in [-0.15, -0.1) is 0 Å². The van der Waals surface area contributed by atoms with Gasteiger partial charge in [0.1, 0.15) is 5.75 Å². The summed E-state index contributed by atoms with van der Waals surface area (Å²) in [5, 5.41) is 8.93. The maximum atomic E-state index is 11.1. The molecule has 4 heteroatoms. The molecule has 0 aliphatic rings. The van der Waals surface area contributed by atoms with Crippen molar-refractivity contribution in [3.05, 3.63) is 27.7 Å². The van der Waals surface area contributed by atoms with Crippen LogP contribution in [0.1, 0.15) is 49.0 Å². The van der Waals surface area contributed by atoms with E-state index < -0.39 is 0 Å². The molecular weight excluding hydrogens is 318 g/mol. The zero-order chi connectivity index (χ0) is 15.2. The van der Waals surface area contributed by atoms with Gasteiger partial charge in [-0.25, -0.2) is 0 Å². The van der Waals surface area contributed by atoms with Crippen molar-refractivity contribution in [2.45, 2.75) is 40.0 Å². The van der Waals surface area contributed by atoms with E-state index in [9.17, 15) is 4.79 Å². The molecule has 0 N–H and O–H groups in total. The Hall–Kier alpha value is -1.34. The summed E-state index contributed by atoms with van der Waals surface area (Å²) in [7, 11) is 0. The Morgan fingerprint density at radius 3 is 2.70 bits per heavy atom. The van der Waals surface area contributed by atoms with Gasteiger partial charge in [0, 0.05) is 4.47 Å². The van der Waals surface area contributed by atoms with Crippen LogP contribution in [0.15, 0.2) is 16.6 Å². The molecule has 3 nitrogen and oxygen atoms in total. The van der Waals surface area contributed by atoms with E-state index >= 15 is 0 Å². The summed E-state index contributed by atoms with van der Waals surface area (Å²) in [6.45, 7) is 6.37. The van der Waals surface area contributed by atoms with E-state index in [1.165, 1.54) is 0 Å². The average molecular weight is 338 g/mol. The first-order chi connectivity index (χ1) is 9.39. The number of nitrogens with zero attached hydrogens (tertiary/aromatic N) is 1. The lowest BCUT2D eigenvalue weighted by molar-refractivity contribution is 0.111. The molecule has 1 aromatic rings. The molecule has 0 saturated carbocycles. The van der Waals surface area contributed by atoms with E-state index in [1.807, 2.05) is 26.8 Å². The molecule has 1 rings (SSSR count). The van der Waals surface area contributed by atoms with Gasteiger partial charge < -0.3 is 4.74 Å². The second kappa shape index (κ2) is 7.44. The molecule has 1 aromatic carbocycles. The number of hydrogen-bond donors (Lipinski definition) is 0. The minimum atomic E-state index is -0.276. The van der Waals surface area contributed by atoms with Crippen molar-refractivity contribution >= 4 is 22.2 Å². The van der Waals surface area contributed by atoms with Crippen LogP contribution in [0.5, 0.6) is 5.75 Å². The Kier molecular flexibility index (Phi) is 6.22. The van der Waals surface area contributed by atoms with E-state index in [0.29, 0.717) is 17.9 Å². The van der Waals surface area contributed by atoms with Crippen LogP contribution in [0, 0.1) is 23.7 Å². The number of nitriles is 1. The smallest absolute Gasteiger partial charge is 0.153 e. The fourth-order valence-electron chi connectivity index (χ4n) is 1.94. The van der Waals surface area contributed by atoms with E-state index in [0.717, 1.165) is 35.6 Å². The maximum Gasteiger partial charge on any atom is 0.153 e. The molecule has 0 amide bonds. The molecule has 0 heterocycles. The van der Waals surface area contributed by atoms with Crippen molar-refractivity contribution in [2.75, 3.05) is 6.61 Å². The Balaban J connectivity index is 2.51. The fourth-order valence-corrected chi connectivity index (χ4v) is 2.53. The number of benzene rings is 1. The van der Waals surface area contributed by atoms with Crippen LogP contribution in [-0.4, -0.2) is 12.9 Å². The van der Waals surface area contributed by atoms with Crippen molar-refractivity contribution in [1.29, 1.82) is 5.26 Å². The highest BCUT2D eigenvalue weighted by Crippen LogP contribution is 2.27. The first-order valence-corrected chi connectivity index (χ1v) is 7.48. The summed E-state index contributed by atoms with van der Waals surface area (Å²) in [5.74, 6) is 0.655. The third kappa shape index (κ3) is 4.97. The highest BCUT2D eigenvalue weighted by Gasteiger charge is 2.15. The van der Waals surface area contributed by atoms with Gasteiger partial charge >= 0.3 is 0 Å². The molecule has 108 valence electrons. The first-order valence-electron chi connectivity index (χ1n) is 6.69. The van der Waals surface area contributed by atoms with Gasteiger partial charge in [0.05, 0.1) is 23.7 Å². The van der Waals surface area contributed by atoms with Crippen LogP contribution in [-0.2, 0) is 0 Å². The van der Waals surface area contributed by atoms with Crippen molar-refractivity contribution in [1.82, 2.24) is 0 Å². The largest absolute Gasteiger partial charge is 0.493 e. The van der Waals surface area contributed by atoms with Gasteiger partial charge in [0.15, 0.2) is 6.29 Å². The van der Waals surface area contributed by atoms with Crippen LogP contribution in [0.2, 0.25) is 0 Å². The van der Waals surface area contributed by atoms with Crippen LogP contribution in [0.25, 0.3) is 0 Å².